The standard InChI is InChI=1S/C23H28N2O6S/c1-7-18-21(27)25-20(15-9-10-16(31-14(6)26)17(11-15)29-8-2)19(22(28)30-12(3)4)13(5)24-23(25)32-18/h9-12,18,20H,7-8H2,1-6H3/t18-,20+/m1/s1. The SMILES string of the molecule is CCOc1cc([C@H]2C(C(=O)OC(C)C)=C(C)N=C3S[C@H](CC)C(=O)N32)ccc1OC(C)=O. The molecule has 0 aromatic heterocycles. The Bertz CT molecular complexity index is 1000. The van der Waals surface area contributed by atoms with Crippen LogP contribution in [-0.2, 0) is 19.1 Å². The lowest BCUT2D eigenvalue weighted by atomic mass is 9.93. The Kier molecular flexibility index (Phi) is 7.28. The van der Waals surface area contributed by atoms with Crippen molar-refractivity contribution < 1.29 is 28.6 Å². The third-order valence-corrected chi connectivity index (χ3v) is 6.24. The number of amides is 1. The maximum Gasteiger partial charge on any atom is 0.338 e. The molecule has 0 radical (unpaired) electrons. The lowest BCUT2D eigenvalue weighted by Gasteiger charge is -2.33. The molecule has 1 amide bonds. The number of esters is 2. The number of aliphatic imine (C=N–C) groups is 1. The molecule has 2 atom stereocenters. The predicted octanol–water partition coefficient (Wildman–Crippen LogP) is 4.00. The summed E-state index contributed by atoms with van der Waals surface area (Å²) in [6, 6.07) is 4.30. The average Bonchev–Trinajstić information content (AvgIpc) is 3.02. The van der Waals surface area contributed by atoms with Crippen molar-refractivity contribution in [3.63, 3.8) is 0 Å². The molecule has 0 N–H and O–H groups in total. The molecule has 0 unspecified atom stereocenters. The Balaban J connectivity index is 2.15. The van der Waals surface area contributed by atoms with Gasteiger partial charge in [0, 0.05) is 6.92 Å². The summed E-state index contributed by atoms with van der Waals surface area (Å²) in [6.07, 6.45) is 0.317. The second-order valence-electron chi connectivity index (χ2n) is 7.71. The molecule has 8 nitrogen and oxygen atoms in total. The minimum Gasteiger partial charge on any atom is -0.490 e. The maximum atomic E-state index is 13.2. The zero-order valence-corrected chi connectivity index (χ0v) is 19.9. The van der Waals surface area contributed by atoms with Gasteiger partial charge in [-0.3, -0.25) is 14.5 Å². The number of carbonyl (C=O) groups excluding carboxylic acids is 3. The van der Waals surface area contributed by atoms with E-state index in [0.29, 0.717) is 40.8 Å². The third-order valence-electron chi connectivity index (χ3n) is 4.92. The first-order valence-corrected chi connectivity index (χ1v) is 11.5. The van der Waals surface area contributed by atoms with E-state index in [4.69, 9.17) is 14.2 Å². The van der Waals surface area contributed by atoms with E-state index in [2.05, 4.69) is 4.99 Å². The lowest BCUT2D eigenvalue weighted by molar-refractivity contribution is -0.143. The number of amidine groups is 1. The van der Waals surface area contributed by atoms with E-state index in [1.165, 1.54) is 18.7 Å². The van der Waals surface area contributed by atoms with E-state index < -0.39 is 18.0 Å². The van der Waals surface area contributed by atoms with E-state index in [0.717, 1.165) is 0 Å². The van der Waals surface area contributed by atoms with Gasteiger partial charge >= 0.3 is 11.9 Å². The number of hydrogen-bond donors (Lipinski definition) is 0. The molecule has 172 valence electrons. The van der Waals surface area contributed by atoms with Crippen LogP contribution in [0.15, 0.2) is 34.5 Å². The predicted molar refractivity (Wildman–Crippen MR) is 122 cm³/mol. The highest BCUT2D eigenvalue weighted by molar-refractivity contribution is 8.15. The number of allylic oxidation sites excluding steroid dienone is 1. The Morgan fingerprint density at radius 3 is 2.53 bits per heavy atom. The van der Waals surface area contributed by atoms with Crippen molar-refractivity contribution in [2.75, 3.05) is 6.61 Å². The topological polar surface area (TPSA) is 94.5 Å². The van der Waals surface area contributed by atoms with Crippen LogP contribution in [0.4, 0.5) is 0 Å². The molecule has 1 fully saturated rings. The number of fused-ring (bicyclic) bond motifs is 1. The quantitative estimate of drug-likeness (QED) is 0.448. The van der Waals surface area contributed by atoms with Gasteiger partial charge in [-0.25, -0.2) is 9.79 Å². The van der Waals surface area contributed by atoms with E-state index in [1.807, 2.05) is 13.8 Å². The third kappa shape index (κ3) is 4.67. The van der Waals surface area contributed by atoms with Gasteiger partial charge in [-0.1, -0.05) is 24.8 Å². The maximum absolute atomic E-state index is 13.2. The van der Waals surface area contributed by atoms with Gasteiger partial charge in [0.2, 0.25) is 5.91 Å². The first-order valence-electron chi connectivity index (χ1n) is 10.6. The highest BCUT2D eigenvalue weighted by atomic mass is 32.2. The highest BCUT2D eigenvalue weighted by Gasteiger charge is 2.47. The number of rotatable bonds is 7. The van der Waals surface area contributed by atoms with Crippen molar-refractivity contribution in [2.24, 2.45) is 4.99 Å². The van der Waals surface area contributed by atoms with Gasteiger partial charge in [0.15, 0.2) is 16.7 Å². The van der Waals surface area contributed by atoms with Crippen LogP contribution in [-0.4, -0.2) is 45.9 Å². The fourth-order valence-electron chi connectivity index (χ4n) is 3.65. The molecule has 0 bridgehead atoms. The van der Waals surface area contributed by atoms with Crippen LogP contribution in [0, 0.1) is 0 Å². The number of benzene rings is 1. The highest BCUT2D eigenvalue weighted by Crippen LogP contribution is 2.45. The molecule has 2 aliphatic rings. The summed E-state index contributed by atoms with van der Waals surface area (Å²) in [4.78, 5) is 43.9. The molecule has 32 heavy (non-hydrogen) atoms. The summed E-state index contributed by atoms with van der Waals surface area (Å²) >= 11 is 1.40. The zero-order valence-electron chi connectivity index (χ0n) is 19.1. The van der Waals surface area contributed by atoms with E-state index >= 15 is 0 Å². The molecule has 1 saturated heterocycles. The molecule has 3 rings (SSSR count). The van der Waals surface area contributed by atoms with Crippen LogP contribution in [0.1, 0.15) is 59.6 Å². The van der Waals surface area contributed by atoms with Gasteiger partial charge < -0.3 is 14.2 Å². The van der Waals surface area contributed by atoms with Crippen molar-refractivity contribution in [1.29, 1.82) is 0 Å². The van der Waals surface area contributed by atoms with E-state index in [-0.39, 0.29) is 23.0 Å². The second-order valence-corrected chi connectivity index (χ2v) is 8.88. The monoisotopic (exact) mass is 460 g/mol. The number of hydrogen-bond acceptors (Lipinski definition) is 8. The molecule has 1 aromatic carbocycles. The number of thioether (sulfide) groups is 1. The number of carbonyl (C=O) groups is 3. The van der Waals surface area contributed by atoms with Crippen molar-refractivity contribution in [1.82, 2.24) is 4.90 Å². The minimum absolute atomic E-state index is 0.106. The number of nitrogens with zero attached hydrogens (tertiary/aromatic N) is 2. The summed E-state index contributed by atoms with van der Waals surface area (Å²) in [6.45, 7) is 10.7. The summed E-state index contributed by atoms with van der Waals surface area (Å²) in [5.41, 5.74) is 1.44. The van der Waals surface area contributed by atoms with Crippen LogP contribution in [0.5, 0.6) is 11.5 Å². The molecule has 1 aromatic rings. The van der Waals surface area contributed by atoms with Crippen LogP contribution in [0.3, 0.4) is 0 Å². The molecule has 0 spiro atoms. The fourth-order valence-corrected chi connectivity index (χ4v) is 4.78. The Morgan fingerprint density at radius 2 is 1.94 bits per heavy atom. The largest absolute Gasteiger partial charge is 0.490 e. The lowest BCUT2D eigenvalue weighted by Crippen LogP contribution is -2.41. The van der Waals surface area contributed by atoms with Crippen LogP contribution in [0.2, 0.25) is 0 Å². The van der Waals surface area contributed by atoms with Gasteiger partial charge in [0.25, 0.3) is 0 Å². The van der Waals surface area contributed by atoms with E-state index in [9.17, 15) is 14.4 Å². The molecule has 0 aliphatic carbocycles. The molecule has 0 saturated carbocycles. The van der Waals surface area contributed by atoms with Crippen LogP contribution in [0.25, 0.3) is 0 Å². The minimum atomic E-state index is -0.726. The van der Waals surface area contributed by atoms with Gasteiger partial charge in [0.05, 0.1) is 35.3 Å². The summed E-state index contributed by atoms with van der Waals surface area (Å²) in [7, 11) is 0. The van der Waals surface area contributed by atoms with Crippen LogP contribution < -0.4 is 9.47 Å². The summed E-state index contributed by atoms with van der Waals surface area (Å²) in [5, 5.41) is 0.295. The van der Waals surface area contributed by atoms with Crippen LogP contribution >= 0.6 is 11.8 Å². The Hall–Kier alpha value is -2.81. The van der Waals surface area contributed by atoms with Gasteiger partial charge in [-0.15, -0.1) is 0 Å². The van der Waals surface area contributed by atoms with Crippen molar-refractivity contribution >= 4 is 34.8 Å². The van der Waals surface area contributed by atoms with Crippen molar-refractivity contribution in [3.8, 4) is 11.5 Å². The van der Waals surface area contributed by atoms with Crippen molar-refractivity contribution in [2.45, 2.75) is 65.4 Å². The first kappa shape index (κ1) is 23.8. The van der Waals surface area contributed by atoms with Crippen molar-refractivity contribution in [3.05, 3.63) is 35.0 Å². The normalized spacial score (nSPS) is 20.3. The molecule has 9 heteroatoms. The van der Waals surface area contributed by atoms with Gasteiger partial charge in [0.1, 0.15) is 0 Å². The molecule has 2 aliphatic heterocycles. The summed E-state index contributed by atoms with van der Waals surface area (Å²) < 4.78 is 16.4. The zero-order chi connectivity index (χ0) is 23.6. The molecular formula is C23H28N2O6S. The molecular weight excluding hydrogens is 432 g/mol. The van der Waals surface area contributed by atoms with Gasteiger partial charge in [-0.2, -0.15) is 0 Å². The first-order chi connectivity index (χ1) is 15.2. The fraction of sp³-hybridized carbons (Fsp3) is 0.478. The average molecular weight is 461 g/mol. The molecule has 2 heterocycles. The van der Waals surface area contributed by atoms with Gasteiger partial charge in [-0.05, 0) is 51.8 Å². The number of ether oxygens (including phenoxy) is 3. The van der Waals surface area contributed by atoms with E-state index in [1.54, 1.807) is 43.9 Å². The second kappa shape index (κ2) is 9.77. The smallest absolute Gasteiger partial charge is 0.338 e. The Morgan fingerprint density at radius 1 is 1.22 bits per heavy atom. The Labute approximate surface area is 192 Å². The summed E-state index contributed by atoms with van der Waals surface area (Å²) in [5.74, 6) is -0.478.